The molecule has 1 unspecified atom stereocenters. The van der Waals surface area contributed by atoms with Crippen molar-refractivity contribution in [2.24, 2.45) is 0 Å². The van der Waals surface area contributed by atoms with Crippen LogP contribution in [0, 0.1) is 0 Å². The molecular weight excluding hydrogens is 486 g/mol. The summed E-state index contributed by atoms with van der Waals surface area (Å²) in [5.74, 6) is 1.91. The van der Waals surface area contributed by atoms with Crippen molar-refractivity contribution in [3.63, 3.8) is 0 Å². The second kappa shape index (κ2) is 11.7. The fraction of sp³-hybridized carbons (Fsp3) is 0.259. The summed E-state index contributed by atoms with van der Waals surface area (Å²) in [6.45, 7) is 3.30. The summed E-state index contributed by atoms with van der Waals surface area (Å²) in [7, 11) is 0. The van der Waals surface area contributed by atoms with Gasteiger partial charge in [-0.25, -0.2) is 4.79 Å². The van der Waals surface area contributed by atoms with Gasteiger partial charge in [-0.05, 0) is 55.3 Å². The van der Waals surface area contributed by atoms with Crippen molar-refractivity contribution in [1.29, 1.82) is 0 Å². The Kier molecular flexibility index (Phi) is 8.17. The second-order valence-corrected chi connectivity index (χ2v) is 8.41. The Morgan fingerprint density at radius 2 is 1.89 bits per heavy atom. The zero-order chi connectivity index (χ0) is 25.5. The van der Waals surface area contributed by atoms with E-state index in [9.17, 15) is 9.59 Å². The number of carbonyl (C=O) groups excluding carboxylic acids is 1. The standard InChI is InChI=1S/C27H26ClNO7/c1-2-33-22-6-4-3-5-17(22)11-13-29-26(30)18-7-9-19(10-8-18)35-25-16-24-20(15-21(25)28)23(12-14-34-24)36-27(31)32/h3-10,15-16,23H,2,11-14H2,1H3,(H,29,30)(H,31,32). The van der Waals surface area contributed by atoms with E-state index >= 15 is 0 Å². The number of hydrogen-bond donors (Lipinski definition) is 2. The van der Waals surface area contributed by atoms with E-state index in [0.717, 1.165) is 11.3 Å². The van der Waals surface area contributed by atoms with Crippen LogP contribution in [0.3, 0.4) is 0 Å². The molecule has 0 bridgehead atoms. The Morgan fingerprint density at radius 3 is 2.64 bits per heavy atom. The summed E-state index contributed by atoms with van der Waals surface area (Å²) >= 11 is 6.38. The molecule has 1 aliphatic heterocycles. The van der Waals surface area contributed by atoms with Crippen LogP contribution in [0.25, 0.3) is 0 Å². The molecule has 0 spiro atoms. The molecule has 1 heterocycles. The van der Waals surface area contributed by atoms with E-state index in [4.69, 9.17) is 35.7 Å². The summed E-state index contributed by atoms with van der Waals surface area (Å²) in [6.07, 6.45) is -0.953. The van der Waals surface area contributed by atoms with Gasteiger partial charge in [0.1, 0.15) is 29.1 Å². The van der Waals surface area contributed by atoms with Crippen LogP contribution in [0.1, 0.15) is 40.9 Å². The lowest BCUT2D eigenvalue weighted by Gasteiger charge is -2.25. The Morgan fingerprint density at radius 1 is 1.11 bits per heavy atom. The smallest absolute Gasteiger partial charge is 0.494 e. The first kappa shape index (κ1) is 25.2. The molecule has 3 aromatic rings. The quantitative estimate of drug-likeness (QED) is 0.338. The van der Waals surface area contributed by atoms with Gasteiger partial charge in [-0.2, -0.15) is 0 Å². The SMILES string of the molecule is CCOc1ccccc1CCNC(=O)c1ccc(Oc2cc3c(cc2Cl)C(OC(=O)O)CCO3)cc1. The van der Waals surface area contributed by atoms with Crippen molar-refractivity contribution in [3.05, 3.63) is 82.4 Å². The van der Waals surface area contributed by atoms with Crippen LogP contribution in [0.2, 0.25) is 5.02 Å². The van der Waals surface area contributed by atoms with Crippen LogP contribution in [-0.4, -0.2) is 36.9 Å². The van der Waals surface area contributed by atoms with Crippen molar-refractivity contribution in [3.8, 4) is 23.0 Å². The summed E-state index contributed by atoms with van der Waals surface area (Å²) in [6, 6.07) is 17.6. The van der Waals surface area contributed by atoms with E-state index < -0.39 is 12.3 Å². The highest BCUT2D eigenvalue weighted by atomic mass is 35.5. The molecule has 188 valence electrons. The largest absolute Gasteiger partial charge is 0.506 e. The van der Waals surface area contributed by atoms with Crippen molar-refractivity contribution >= 4 is 23.7 Å². The number of amides is 1. The molecule has 8 nitrogen and oxygen atoms in total. The van der Waals surface area contributed by atoms with Gasteiger partial charge in [0.15, 0.2) is 0 Å². The average Bonchev–Trinajstić information content (AvgIpc) is 2.86. The van der Waals surface area contributed by atoms with Crippen LogP contribution >= 0.6 is 11.6 Å². The molecule has 3 aromatic carbocycles. The maximum absolute atomic E-state index is 12.6. The fourth-order valence-corrected chi connectivity index (χ4v) is 4.11. The highest BCUT2D eigenvalue weighted by Crippen LogP contribution is 2.42. The summed E-state index contributed by atoms with van der Waals surface area (Å²) in [5.41, 5.74) is 2.08. The number of rotatable bonds is 9. The number of fused-ring (bicyclic) bond motifs is 1. The predicted molar refractivity (Wildman–Crippen MR) is 134 cm³/mol. The normalized spacial score (nSPS) is 14.2. The molecule has 0 saturated carbocycles. The van der Waals surface area contributed by atoms with Crippen molar-refractivity contribution < 1.29 is 33.6 Å². The molecule has 1 aliphatic rings. The average molecular weight is 512 g/mol. The van der Waals surface area contributed by atoms with E-state index in [0.29, 0.717) is 61.0 Å². The Balaban J connectivity index is 1.36. The van der Waals surface area contributed by atoms with Crippen LogP contribution in [0.15, 0.2) is 60.7 Å². The molecule has 9 heteroatoms. The molecule has 1 atom stereocenters. The number of nitrogens with one attached hydrogen (secondary N) is 1. The van der Waals surface area contributed by atoms with Gasteiger partial charge in [-0.1, -0.05) is 29.8 Å². The molecule has 0 radical (unpaired) electrons. The Labute approximate surface area is 213 Å². The minimum absolute atomic E-state index is 0.194. The Hall–Kier alpha value is -3.91. The van der Waals surface area contributed by atoms with Crippen molar-refractivity contribution in [2.75, 3.05) is 19.8 Å². The second-order valence-electron chi connectivity index (χ2n) is 8.00. The highest BCUT2D eigenvalue weighted by Gasteiger charge is 2.27. The van der Waals surface area contributed by atoms with Crippen LogP contribution < -0.4 is 19.5 Å². The minimum Gasteiger partial charge on any atom is -0.494 e. The van der Waals surface area contributed by atoms with Gasteiger partial charge in [0.05, 0.1) is 18.2 Å². The van der Waals surface area contributed by atoms with Crippen LogP contribution in [0.5, 0.6) is 23.0 Å². The van der Waals surface area contributed by atoms with Gasteiger partial charge >= 0.3 is 6.16 Å². The molecule has 0 fully saturated rings. The van der Waals surface area contributed by atoms with Gasteiger partial charge in [0.2, 0.25) is 0 Å². The number of carbonyl (C=O) groups is 2. The molecule has 36 heavy (non-hydrogen) atoms. The summed E-state index contributed by atoms with van der Waals surface area (Å²) < 4.78 is 22.1. The molecule has 0 aliphatic carbocycles. The first-order valence-electron chi connectivity index (χ1n) is 11.6. The third kappa shape index (κ3) is 6.20. The van der Waals surface area contributed by atoms with E-state index in [1.54, 1.807) is 36.4 Å². The van der Waals surface area contributed by atoms with Crippen molar-refractivity contribution in [2.45, 2.75) is 25.9 Å². The molecule has 0 aromatic heterocycles. The van der Waals surface area contributed by atoms with E-state index in [2.05, 4.69) is 5.32 Å². The number of hydrogen-bond acceptors (Lipinski definition) is 6. The molecular formula is C27H26ClNO7. The maximum Gasteiger partial charge on any atom is 0.506 e. The highest BCUT2D eigenvalue weighted by molar-refractivity contribution is 6.32. The van der Waals surface area contributed by atoms with Crippen molar-refractivity contribution in [1.82, 2.24) is 5.32 Å². The minimum atomic E-state index is -1.36. The summed E-state index contributed by atoms with van der Waals surface area (Å²) in [4.78, 5) is 23.5. The lowest BCUT2D eigenvalue weighted by Crippen LogP contribution is -2.25. The lowest BCUT2D eigenvalue weighted by atomic mass is 10.0. The third-order valence-electron chi connectivity index (χ3n) is 5.59. The zero-order valence-electron chi connectivity index (χ0n) is 19.7. The first-order valence-corrected chi connectivity index (χ1v) is 11.9. The lowest BCUT2D eigenvalue weighted by molar-refractivity contribution is 0.0326. The van der Waals surface area contributed by atoms with Gasteiger partial charge < -0.3 is 29.4 Å². The number of carboxylic acid groups (broad SMARTS) is 1. The summed E-state index contributed by atoms with van der Waals surface area (Å²) in [5, 5.41) is 12.2. The number of ether oxygens (including phenoxy) is 4. The maximum atomic E-state index is 12.6. The van der Waals surface area contributed by atoms with E-state index in [-0.39, 0.29) is 10.9 Å². The fourth-order valence-electron chi connectivity index (χ4n) is 3.90. The third-order valence-corrected chi connectivity index (χ3v) is 5.88. The van der Waals surface area contributed by atoms with Gasteiger partial charge in [0, 0.05) is 30.2 Å². The first-order chi connectivity index (χ1) is 17.4. The van der Waals surface area contributed by atoms with Gasteiger partial charge in [0.25, 0.3) is 5.91 Å². The molecule has 4 rings (SSSR count). The topological polar surface area (TPSA) is 103 Å². The molecule has 0 saturated heterocycles. The molecule has 1 amide bonds. The van der Waals surface area contributed by atoms with Gasteiger partial charge in [-0.3, -0.25) is 4.79 Å². The zero-order valence-corrected chi connectivity index (χ0v) is 20.4. The van der Waals surface area contributed by atoms with Crippen LogP contribution in [0.4, 0.5) is 4.79 Å². The van der Waals surface area contributed by atoms with E-state index in [1.165, 1.54) is 0 Å². The Bertz CT molecular complexity index is 1230. The van der Waals surface area contributed by atoms with E-state index in [1.807, 2.05) is 31.2 Å². The number of halogens is 1. The van der Waals surface area contributed by atoms with Crippen LogP contribution in [-0.2, 0) is 11.2 Å². The number of para-hydroxylation sites is 1. The molecule has 2 N–H and O–H groups in total. The monoisotopic (exact) mass is 511 g/mol. The predicted octanol–water partition coefficient (Wildman–Crippen LogP) is 6.02. The number of benzene rings is 3. The van der Waals surface area contributed by atoms with Gasteiger partial charge in [-0.15, -0.1) is 0 Å².